The lowest BCUT2D eigenvalue weighted by Crippen LogP contribution is -2.23. The lowest BCUT2D eigenvalue weighted by atomic mass is 9.79. The number of para-hydroxylation sites is 4. The summed E-state index contributed by atoms with van der Waals surface area (Å²) in [5.41, 5.74) is 17.3. The van der Waals surface area contributed by atoms with Crippen molar-refractivity contribution < 1.29 is 30.5 Å². The number of anilines is 2. The number of aliphatic imine (C=N–C) groups is 3. The molecule has 18 heteroatoms. The van der Waals surface area contributed by atoms with Crippen LogP contribution in [0.5, 0.6) is 28.7 Å². The number of phenols is 5. The molecule has 0 spiro atoms. The Morgan fingerprint density at radius 2 is 0.709 bits per heavy atom. The minimum Gasteiger partial charge on any atom is -0.507 e. The minimum absolute atomic E-state index is 0.00466. The molecule has 0 atom stereocenters. The van der Waals surface area contributed by atoms with Crippen molar-refractivity contribution in [3.63, 3.8) is 0 Å². The van der Waals surface area contributed by atoms with E-state index in [4.69, 9.17) is 0 Å². The first-order chi connectivity index (χ1) is 69.9. The van der Waals surface area contributed by atoms with Gasteiger partial charge < -0.3 is 36.2 Å². The van der Waals surface area contributed by atoms with E-state index >= 15 is 0 Å². The summed E-state index contributed by atoms with van der Waals surface area (Å²) in [7, 11) is -1.59. The van der Waals surface area contributed by atoms with Crippen molar-refractivity contribution >= 4 is 117 Å². The highest BCUT2D eigenvalue weighted by molar-refractivity contribution is 7.99. The molecule has 764 valence electrons. The van der Waals surface area contributed by atoms with Gasteiger partial charge in [0.15, 0.2) is 0 Å². The third-order valence-corrected chi connectivity index (χ3v) is 31.3. The lowest BCUT2D eigenvalue weighted by molar-refractivity contribution is -0.384. The van der Waals surface area contributed by atoms with Crippen LogP contribution in [0.25, 0.3) is 10.9 Å². The SMILES string of the molecule is CC(C)(C)c1cc(C=NCc2ccccn2)c(O)c(C(C)(C)C)c1.CC(C)(C)c1cc(C=Nc2cccc3cccnc23)c(O)c(C(C)(C)C)c1.CC(C)(C)c1cc(CNc2ccccc2P(c2ccccc2)c2ccccc2)c(O)c(C(C)(C)C)c1.CC(C)(C)c1cc(CNc2ccccc2Sc2ccccc2)c(O)c(C(C)(C)C)c1.O=[N+]([O-])c1ccc(O)c(C=Nc2ccccc2P(c2ccccc2)c2ccccc2)c1. The van der Waals surface area contributed by atoms with Gasteiger partial charge >= 0.3 is 0 Å². The zero-order valence-corrected chi connectivity index (χ0v) is 93.0. The number of nitrogens with one attached hydrogen (secondary N) is 2. The number of nitrogens with zero attached hydrogens (tertiary/aromatic N) is 6. The lowest BCUT2D eigenvalue weighted by Gasteiger charge is -2.28. The number of non-ortho nitro benzene ring substituents is 1. The molecule has 0 radical (unpaired) electrons. The van der Waals surface area contributed by atoms with Crippen LogP contribution in [-0.2, 0) is 63.0 Å². The minimum atomic E-state index is -0.856. The average Bonchev–Trinajstić information content (AvgIpc) is 0.792. The zero-order chi connectivity index (χ0) is 107. The van der Waals surface area contributed by atoms with Gasteiger partial charge in [-0.05, 0) is 205 Å². The number of fused-ring (bicyclic) bond motifs is 1. The number of benzene rings is 14. The number of pyridine rings is 2. The number of aromatic hydroxyl groups is 5. The highest BCUT2D eigenvalue weighted by Crippen LogP contribution is 2.46. The van der Waals surface area contributed by atoms with E-state index in [-0.39, 0.29) is 54.8 Å². The maximum Gasteiger partial charge on any atom is 0.270 e. The zero-order valence-electron chi connectivity index (χ0n) is 90.4. The van der Waals surface area contributed by atoms with Crippen molar-refractivity contribution in [1.82, 2.24) is 9.97 Å². The van der Waals surface area contributed by atoms with Crippen LogP contribution in [0.1, 0.15) is 244 Å². The van der Waals surface area contributed by atoms with Crippen molar-refractivity contribution in [3.05, 3.63) is 440 Å². The molecule has 0 unspecified atom stereocenters. The Bertz CT molecular complexity index is 7170. The van der Waals surface area contributed by atoms with Gasteiger partial charge in [0.05, 0.1) is 34.1 Å². The molecule has 0 saturated heterocycles. The second-order valence-corrected chi connectivity index (χ2v) is 50.8. The smallest absolute Gasteiger partial charge is 0.270 e. The second-order valence-electron chi connectivity index (χ2n) is 45.3. The van der Waals surface area contributed by atoms with Gasteiger partial charge in [0.2, 0.25) is 0 Å². The molecule has 15 nitrogen and oxygen atoms in total. The first-order valence-corrected chi connectivity index (χ1v) is 54.0. The normalized spacial score (nSPS) is 12.1. The number of rotatable bonds is 22. The summed E-state index contributed by atoms with van der Waals surface area (Å²) in [6.45, 7) is 53.7. The molecule has 0 aliphatic heterocycles. The number of hydrogen-bond acceptors (Lipinski definition) is 15. The van der Waals surface area contributed by atoms with E-state index < -0.39 is 20.8 Å². The van der Waals surface area contributed by atoms with Gasteiger partial charge in [0.25, 0.3) is 5.69 Å². The van der Waals surface area contributed by atoms with E-state index in [1.807, 2.05) is 127 Å². The third kappa shape index (κ3) is 30.8. The molecule has 0 aliphatic carbocycles. The summed E-state index contributed by atoms with van der Waals surface area (Å²) >= 11 is 1.74. The Balaban J connectivity index is 0.000000165. The molecule has 14 aromatic carbocycles. The summed E-state index contributed by atoms with van der Waals surface area (Å²) in [5, 5.41) is 80.9. The highest BCUT2D eigenvalue weighted by Gasteiger charge is 2.32. The molecule has 0 aliphatic rings. The number of nitro groups is 1. The maximum absolute atomic E-state index is 11.3. The van der Waals surface area contributed by atoms with E-state index in [0.29, 0.717) is 48.2 Å². The second kappa shape index (κ2) is 49.1. The molecule has 148 heavy (non-hydrogen) atoms. The van der Waals surface area contributed by atoms with Crippen LogP contribution in [0.4, 0.5) is 28.4 Å². The first-order valence-electron chi connectivity index (χ1n) is 50.5. The molecule has 16 rings (SSSR count). The van der Waals surface area contributed by atoms with E-state index in [1.165, 1.54) is 83.0 Å². The number of hydrogen-bond donors (Lipinski definition) is 7. The fourth-order valence-corrected chi connectivity index (χ4v) is 22.3. The Kier molecular flexibility index (Phi) is 37.4. The van der Waals surface area contributed by atoms with Crippen LogP contribution < -0.4 is 42.5 Å². The van der Waals surface area contributed by atoms with Crippen LogP contribution in [0.2, 0.25) is 0 Å². The van der Waals surface area contributed by atoms with Gasteiger partial charge in [-0.2, -0.15) is 0 Å². The molecular formula is C130H146N8O7P2S. The van der Waals surface area contributed by atoms with Crippen molar-refractivity contribution in [2.75, 3.05) is 10.6 Å². The van der Waals surface area contributed by atoms with Crippen molar-refractivity contribution in [1.29, 1.82) is 0 Å². The Labute approximate surface area is 885 Å². The quantitative estimate of drug-likeness (QED) is 0.0145. The van der Waals surface area contributed by atoms with E-state index in [2.05, 4.69) is 396 Å². The van der Waals surface area contributed by atoms with Gasteiger partial charge in [-0.1, -0.05) is 415 Å². The van der Waals surface area contributed by atoms with Crippen molar-refractivity contribution in [3.8, 4) is 28.7 Å². The highest BCUT2D eigenvalue weighted by atomic mass is 32.2. The third-order valence-electron chi connectivity index (χ3n) is 25.2. The predicted molar refractivity (Wildman–Crippen MR) is 631 cm³/mol. The van der Waals surface area contributed by atoms with Gasteiger partial charge in [-0.15, -0.1) is 0 Å². The maximum atomic E-state index is 11.3. The van der Waals surface area contributed by atoms with Crippen molar-refractivity contribution in [2.24, 2.45) is 15.0 Å². The van der Waals surface area contributed by atoms with Crippen molar-refractivity contribution in [2.45, 2.75) is 239 Å². The summed E-state index contributed by atoms with van der Waals surface area (Å²) in [5.74, 6) is 1.36. The largest absolute Gasteiger partial charge is 0.507 e. The van der Waals surface area contributed by atoms with Gasteiger partial charge in [-0.3, -0.25) is 35.1 Å². The summed E-state index contributed by atoms with van der Waals surface area (Å²) < 4.78 is 0. The van der Waals surface area contributed by atoms with Crippen LogP contribution >= 0.6 is 27.6 Å². The summed E-state index contributed by atoms with van der Waals surface area (Å²) in [6, 6.07) is 114. The number of aromatic nitrogens is 2. The molecule has 0 amide bonds. The number of phenolic OH excluding ortho intramolecular Hbond substituents is 5. The molecule has 2 heterocycles. The Morgan fingerprint density at radius 1 is 0.338 bits per heavy atom. The Morgan fingerprint density at radius 3 is 1.17 bits per heavy atom. The topological polar surface area (TPSA) is 231 Å². The molecule has 0 fully saturated rings. The van der Waals surface area contributed by atoms with Gasteiger partial charge in [0, 0.05) is 132 Å². The standard InChI is InChI=1S/C33H38NOP.C27H33NOS.C25H19N2O3P.C24H28N2O.C21H28N2O/c1-32(2,3)25-21-24(31(35)28(22-25)33(4,5)6)23-34-29-19-13-14-20-30(29)36(26-15-9-7-10-16-26)27-17-11-8-12-18-27;1-26(2,3)20-16-19(25(29)22(17-20)27(4,5)6)18-28-23-14-10-11-15-24(23)30-21-12-8-7-9-13-21;28-24-16-15-20(27(29)30)17-19(24)18-26-23-13-7-8-14-25(23)31(21-9-3-1-4-10-21)22-11-5-2-6-12-22;1-23(2,3)18-13-17(22(27)19(14-18)24(4,5)6)15-26-20-11-7-9-16-10-8-12-25-21(16)20;1-20(2,3)16-11-15(19(24)18(12-16)21(4,5)6)13-22-14-17-9-7-8-10-23-17/h7-22,34-35H,23H2,1-6H3;7-17,28-29H,18H2,1-6H3;1-18,28H;7-15,27H,1-6H3;7-13,24H,14H2,1-6H3. The van der Waals surface area contributed by atoms with Gasteiger partial charge in [0.1, 0.15) is 28.7 Å². The van der Waals surface area contributed by atoms with Crippen LogP contribution in [0.15, 0.2) is 377 Å². The van der Waals surface area contributed by atoms with Gasteiger partial charge in [-0.25, -0.2) is 0 Å². The van der Waals surface area contributed by atoms with Crippen LogP contribution in [0.3, 0.4) is 0 Å². The van der Waals surface area contributed by atoms with Crippen LogP contribution in [-0.4, -0.2) is 59.1 Å². The monoisotopic (exact) mass is 2030 g/mol. The fourth-order valence-electron chi connectivity index (χ4n) is 16.6. The number of nitro benzene ring substituents is 1. The molecule has 2 aromatic heterocycles. The Hall–Kier alpha value is -14.1. The summed E-state index contributed by atoms with van der Waals surface area (Å²) in [6.07, 6.45) is 8.53. The van der Waals surface area contributed by atoms with E-state index in [9.17, 15) is 35.6 Å². The first kappa shape index (κ1) is 113. The molecular weight excluding hydrogens is 1880 g/mol. The van der Waals surface area contributed by atoms with E-state index in [0.717, 1.165) is 89.2 Å². The fraction of sp³-hybridized carbons (Fsp3) is 0.269. The molecule has 0 saturated carbocycles. The molecule has 16 aromatic rings. The molecule has 7 N–H and O–H groups in total. The summed E-state index contributed by atoms with van der Waals surface area (Å²) in [4.78, 5) is 35.4. The van der Waals surface area contributed by atoms with E-state index in [1.54, 1.807) is 36.6 Å². The van der Waals surface area contributed by atoms with Crippen LogP contribution in [0, 0.1) is 10.1 Å². The predicted octanol–water partition coefficient (Wildman–Crippen LogP) is 31.2. The molecule has 0 bridgehead atoms. The average molecular weight is 2030 g/mol.